The first-order valence-corrected chi connectivity index (χ1v) is 13.9. The molecule has 0 spiro atoms. The lowest BCUT2D eigenvalue weighted by molar-refractivity contribution is -0.138. The van der Waals surface area contributed by atoms with Crippen molar-refractivity contribution >= 4 is 12.0 Å². The summed E-state index contributed by atoms with van der Waals surface area (Å²) in [5.74, 6) is -0.950. The van der Waals surface area contributed by atoms with Gasteiger partial charge in [0.1, 0.15) is 5.82 Å². The standard InChI is InChI=1S/C30H43FN4O4/c1-3-21-9-4-10-22(19-21)27-24(12-5-13-25(27)31)30(38,15-8-18-39-29(37)34-2)23-11-7-17-35(20-23)28(36)26(33)14-6-16-32/h4-5,9-10,12-13,19,23,26,38H,3,6-8,11,14-18,20,32-33H2,1-2H3,(H,34,37)/t23?,26-,30?/m1/s1. The van der Waals surface area contributed by atoms with Crippen LogP contribution < -0.4 is 16.8 Å². The highest BCUT2D eigenvalue weighted by Crippen LogP contribution is 2.44. The van der Waals surface area contributed by atoms with Crippen molar-refractivity contribution < 1.29 is 23.8 Å². The molecule has 1 heterocycles. The summed E-state index contributed by atoms with van der Waals surface area (Å²) in [5, 5.41) is 14.9. The van der Waals surface area contributed by atoms with E-state index in [1.54, 1.807) is 17.0 Å². The zero-order valence-electron chi connectivity index (χ0n) is 23.1. The molecule has 6 N–H and O–H groups in total. The third kappa shape index (κ3) is 7.56. The van der Waals surface area contributed by atoms with Gasteiger partial charge in [-0.05, 0) is 74.2 Å². The van der Waals surface area contributed by atoms with E-state index in [4.69, 9.17) is 16.2 Å². The van der Waals surface area contributed by atoms with E-state index in [0.717, 1.165) is 12.0 Å². The number of hydrogen-bond acceptors (Lipinski definition) is 6. The summed E-state index contributed by atoms with van der Waals surface area (Å²) < 4.78 is 20.7. The summed E-state index contributed by atoms with van der Waals surface area (Å²) in [5.41, 5.74) is 12.9. The van der Waals surface area contributed by atoms with E-state index >= 15 is 4.39 Å². The molecule has 8 nitrogen and oxygen atoms in total. The van der Waals surface area contributed by atoms with Gasteiger partial charge in [0, 0.05) is 31.6 Å². The second-order valence-corrected chi connectivity index (χ2v) is 10.3. The van der Waals surface area contributed by atoms with E-state index < -0.39 is 23.6 Å². The summed E-state index contributed by atoms with van der Waals surface area (Å²) in [4.78, 5) is 26.5. The predicted octanol–water partition coefficient (Wildman–Crippen LogP) is 3.68. The normalized spacial score (nSPS) is 17.8. The number of alkyl carbamates (subject to hydrolysis) is 1. The van der Waals surface area contributed by atoms with Crippen molar-refractivity contribution in [3.63, 3.8) is 0 Å². The maximum atomic E-state index is 15.6. The smallest absolute Gasteiger partial charge is 0.406 e. The van der Waals surface area contributed by atoms with Crippen molar-refractivity contribution in [2.45, 2.75) is 63.5 Å². The second-order valence-electron chi connectivity index (χ2n) is 10.3. The van der Waals surface area contributed by atoms with Gasteiger partial charge in [-0.3, -0.25) is 4.79 Å². The minimum atomic E-state index is -1.48. The van der Waals surface area contributed by atoms with Crippen LogP contribution in [-0.4, -0.2) is 61.3 Å². The Morgan fingerprint density at radius 3 is 2.74 bits per heavy atom. The van der Waals surface area contributed by atoms with Crippen LogP contribution in [0.3, 0.4) is 0 Å². The first-order valence-electron chi connectivity index (χ1n) is 13.9. The molecule has 214 valence electrons. The third-order valence-electron chi connectivity index (χ3n) is 7.69. The number of carbonyl (C=O) groups excluding carboxylic acids is 2. The molecule has 1 aliphatic heterocycles. The van der Waals surface area contributed by atoms with Crippen LogP contribution >= 0.6 is 0 Å². The zero-order chi connectivity index (χ0) is 28.4. The molecule has 0 radical (unpaired) electrons. The van der Waals surface area contributed by atoms with E-state index in [-0.39, 0.29) is 24.9 Å². The fraction of sp³-hybridized carbons (Fsp3) is 0.533. The molecule has 0 aliphatic carbocycles. The van der Waals surface area contributed by atoms with Crippen LogP contribution in [0.1, 0.15) is 56.6 Å². The molecule has 1 fully saturated rings. The van der Waals surface area contributed by atoms with Gasteiger partial charge in [0.05, 0.1) is 18.2 Å². The Balaban J connectivity index is 2.00. The fourth-order valence-electron chi connectivity index (χ4n) is 5.53. The number of ether oxygens (including phenoxy) is 1. The van der Waals surface area contributed by atoms with Crippen LogP contribution in [0.4, 0.5) is 9.18 Å². The van der Waals surface area contributed by atoms with Gasteiger partial charge in [-0.2, -0.15) is 0 Å². The second kappa shape index (κ2) is 14.4. The van der Waals surface area contributed by atoms with Gasteiger partial charge < -0.3 is 31.5 Å². The quantitative estimate of drug-likeness (QED) is 0.303. The topological polar surface area (TPSA) is 131 Å². The average molecular weight is 543 g/mol. The van der Waals surface area contributed by atoms with Crippen LogP contribution in [0.25, 0.3) is 11.1 Å². The van der Waals surface area contributed by atoms with Crippen molar-refractivity contribution in [1.82, 2.24) is 10.2 Å². The van der Waals surface area contributed by atoms with Gasteiger partial charge in [0.15, 0.2) is 0 Å². The van der Waals surface area contributed by atoms with Crippen LogP contribution in [0.15, 0.2) is 42.5 Å². The maximum Gasteiger partial charge on any atom is 0.406 e. The van der Waals surface area contributed by atoms with Crippen LogP contribution in [0.2, 0.25) is 0 Å². The number of benzene rings is 2. The number of hydrogen-bond donors (Lipinski definition) is 4. The molecule has 2 unspecified atom stereocenters. The molecule has 1 saturated heterocycles. The summed E-state index contributed by atoms with van der Waals surface area (Å²) in [6.45, 7) is 3.44. The number of rotatable bonds is 12. The number of aryl methyl sites for hydroxylation is 1. The molecule has 3 atom stereocenters. The van der Waals surface area contributed by atoms with E-state index in [0.29, 0.717) is 68.4 Å². The van der Waals surface area contributed by atoms with Crippen molar-refractivity contribution in [3.05, 3.63) is 59.4 Å². The van der Waals surface area contributed by atoms with E-state index in [1.165, 1.54) is 13.1 Å². The number of carbonyl (C=O) groups is 2. The summed E-state index contributed by atoms with van der Waals surface area (Å²) in [7, 11) is 1.48. The molecular formula is C30H43FN4O4. The number of nitrogens with zero attached hydrogens (tertiary/aromatic N) is 1. The predicted molar refractivity (Wildman–Crippen MR) is 150 cm³/mol. The molecule has 0 bridgehead atoms. The van der Waals surface area contributed by atoms with Crippen molar-refractivity contribution in [3.8, 4) is 11.1 Å². The molecule has 9 heteroatoms. The first-order chi connectivity index (χ1) is 18.7. The molecule has 2 aromatic rings. The van der Waals surface area contributed by atoms with E-state index in [1.807, 2.05) is 31.2 Å². The number of nitrogens with two attached hydrogens (primary N) is 2. The highest BCUT2D eigenvalue weighted by Gasteiger charge is 2.43. The van der Waals surface area contributed by atoms with Crippen molar-refractivity contribution in [2.24, 2.45) is 17.4 Å². The van der Waals surface area contributed by atoms with Crippen LogP contribution in [-0.2, 0) is 21.6 Å². The lowest BCUT2D eigenvalue weighted by Crippen LogP contribution is -2.52. The molecule has 3 rings (SSSR count). The number of likely N-dealkylation sites (tertiary alicyclic amines) is 1. The minimum Gasteiger partial charge on any atom is -0.450 e. The van der Waals surface area contributed by atoms with Gasteiger partial charge in [-0.25, -0.2) is 9.18 Å². The summed E-state index contributed by atoms with van der Waals surface area (Å²) in [6.07, 6.45) is 3.31. The average Bonchev–Trinajstić information content (AvgIpc) is 2.97. The Kier molecular flexibility index (Phi) is 11.3. The number of piperidine rings is 1. The van der Waals surface area contributed by atoms with Crippen molar-refractivity contribution in [1.29, 1.82) is 0 Å². The number of halogens is 1. The van der Waals surface area contributed by atoms with Crippen LogP contribution in [0, 0.1) is 11.7 Å². The molecule has 2 amide bonds. The van der Waals surface area contributed by atoms with Gasteiger partial charge in [0.25, 0.3) is 0 Å². The first kappa shape index (κ1) is 30.5. The highest BCUT2D eigenvalue weighted by atomic mass is 19.1. The number of nitrogens with one attached hydrogen (secondary N) is 1. The monoisotopic (exact) mass is 542 g/mol. The summed E-state index contributed by atoms with van der Waals surface area (Å²) >= 11 is 0. The zero-order valence-corrected chi connectivity index (χ0v) is 23.1. The molecule has 0 saturated carbocycles. The lowest BCUT2D eigenvalue weighted by atomic mass is 9.72. The Labute approximate surface area is 230 Å². The van der Waals surface area contributed by atoms with E-state index in [2.05, 4.69) is 5.32 Å². The van der Waals surface area contributed by atoms with Gasteiger partial charge >= 0.3 is 6.09 Å². The SMILES string of the molecule is CCc1cccc(-c2c(F)cccc2C(O)(CCCOC(=O)NC)C2CCCN(C(=O)[C@H](N)CCCN)C2)c1. The molecule has 0 aromatic heterocycles. The fourth-order valence-corrected chi connectivity index (χ4v) is 5.53. The summed E-state index contributed by atoms with van der Waals surface area (Å²) in [6, 6.07) is 11.8. The number of amides is 2. The van der Waals surface area contributed by atoms with Gasteiger partial charge in [-0.15, -0.1) is 0 Å². The largest absolute Gasteiger partial charge is 0.450 e. The minimum absolute atomic E-state index is 0.0945. The van der Waals surface area contributed by atoms with E-state index in [9.17, 15) is 14.7 Å². The molecular weight excluding hydrogens is 499 g/mol. The molecule has 39 heavy (non-hydrogen) atoms. The van der Waals surface area contributed by atoms with Crippen molar-refractivity contribution in [2.75, 3.05) is 33.3 Å². The van der Waals surface area contributed by atoms with Gasteiger partial charge in [-0.1, -0.05) is 43.3 Å². The van der Waals surface area contributed by atoms with Crippen LogP contribution in [0.5, 0.6) is 0 Å². The molecule has 2 aromatic carbocycles. The maximum absolute atomic E-state index is 15.6. The molecule has 1 aliphatic rings. The Hall–Kier alpha value is -3.01. The Morgan fingerprint density at radius 1 is 1.26 bits per heavy atom. The Morgan fingerprint density at radius 2 is 2.03 bits per heavy atom. The third-order valence-corrected chi connectivity index (χ3v) is 7.69. The lowest BCUT2D eigenvalue weighted by Gasteiger charge is -2.44. The number of aliphatic hydroxyl groups is 1. The Bertz CT molecular complexity index is 1110. The highest BCUT2D eigenvalue weighted by molar-refractivity contribution is 5.81. The van der Waals surface area contributed by atoms with Gasteiger partial charge in [0.2, 0.25) is 5.91 Å².